The number of esters is 1. The van der Waals surface area contributed by atoms with Crippen molar-refractivity contribution >= 4 is 5.97 Å². The summed E-state index contributed by atoms with van der Waals surface area (Å²) >= 11 is 0. The van der Waals surface area contributed by atoms with Crippen molar-refractivity contribution in [2.24, 2.45) is 40.9 Å². The molecule has 6 saturated carbocycles. The predicted molar refractivity (Wildman–Crippen MR) is 53.4 cm³/mol. The van der Waals surface area contributed by atoms with Gasteiger partial charge in [-0.2, -0.15) is 15.0 Å². The lowest BCUT2D eigenvalue weighted by molar-refractivity contribution is -0.634. The predicted octanol–water partition coefficient (Wildman–Crippen LogP) is -0.102. The molecular formula is C12H11N3O2. The van der Waals surface area contributed by atoms with Crippen molar-refractivity contribution in [1.82, 2.24) is 15.0 Å². The van der Waals surface area contributed by atoms with E-state index in [1.807, 2.05) is 4.80 Å². The van der Waals surface area contributed by atoms with Gasteiger partial charge in [0.2, 0.25) is 0 Å². The largest absolute Gasteiger partial charge is 0.469 e. The van der Waals surface area contributed by atoms with Gasteiger partial charge in [0.15, 0.2) is 0 Å². The Labute approximate surface area is 97.1 Å². The highest BCUT2D eigenvalue weighted by molar-refractivity contribution is 5.88. The van der Waals surface area contributed by atoms with Crippen molar-refractivity contribution in [2.75, 3.05) is 7.11 Å². The fourth-order valence-corrected chi connectivity index (χ4v) is 6.87. The Morgan fingerprint density at radius 3 is 2.12 bits per heavy atom. The topological polar surface area (TPSA) is 57.0 Å². The Morgan fingerprint density at radius 1 is 1.12 bits per heavy atom. The third-order valence-electron chi connectivity index (χ3n) is 6.88. The maximum Gasteiger partial charge on any atom is 0.312 e. The van der Waals surface area contributed by atoms with E-state index in [9.17, 15) is 4.79 Å². The van der Waals surface area contributed by atoms with E-state index in [1.54, 1.807) is 12.4 Å². The lowest BCUT2D eigenvalue weighted by Crippen LogP contribution is -3.13. The second-order valence-corrected chi connectivity index (χ2v) is 6.29. The van der Waals surface area contributed by atoms with Crippen molar-refractivity contribution in [2.45, 2.75) is 5.54 Å². The van der Waals surface area contributed by atoms with Crippen LogP contribution in [-0.2, 0) is 15.1 Å². The Bertz CT molecular complexity index is 539. The lowest BCUT2D eigenvalue weighted by atomic mass is 8.94. The molecule has 1 heterocycles. The molecule has 6 fully saturated rings. The summed E-state index contributed by atoms with van der Waals surface area (Å²) in [5.41, 5.74) is 0.197. The molecule has 5 heteroatoms. The molecule has 0 radical (unpaired) electrons. The monoisotopic (exact) mass is 229 g/mol. The molecule has 0 N–H and O–H groups in total. The fourth-order valence-electron chi connectivity index (χ4n) is 6.87. The summed E-state index contributed by atoms with van der Waals surface area (Å²) in [7, 11) is 1.52. The van der Waals surface area contributed by atoms with E-state index in [0.717, 1.165) is 0 Å². The Balaban J connectivity index is 1.47. The van der Waals surface area contributed by atoms with Gasteiger partial charge in [-0.3, -0.25) is 4.79 Å². The molecule has 6 aliphatic carbocycles. The van der Waals surface area contributed by atoms with Crippen LogP contribution in [0, 0.1) is 40.9 Å². The highest BCUT2D eigenvalue weighted by atomic mass is 16.5. The van der Waals surface area contributed by atoms with Crippen molar-refractivity contribution < 1.29 is 9.53 Å². The van der Waals surface area contributed by atoms with E-state index >= 15 is 0 Å². The van der Waals surface area contributed by atoms with Crippen LogP contribution in [0.2, 0.25) is 0 Å². The molecule has 0 aromatic carbocycles. The average Bonchev–Trinajstić information content (AvgIpc) is 2.91. The van der Waals surface area contributed by atoms with E-state index in [4.69, 9.17) is 4.74 Å². The van der Waals surface area contributed by atoms with Gasteiger partial charge < -0.3 is 4.74 Å². The molecule has 0 aliphatic heterocycles. The molecule has 0 saturated heterocycles. The zero-order chi connectivity index (χ0) is 11.2. The third kappa shape index (κ3) is 0.367. The van der Waals surface area contributed by atoms with Crippen LogP contribution in [0.5, 0.6) is 0 Å². The minimum Gasteiger partial charge on any atom is -0.469 e. The number of carbonyl (C=O) groups is 1. The van der Waals surface area contributed by atoms with Crippen molar-refractivity contribution in [1.29, 1.82) is 0 Å². The molecule has 0 unspecified atom stereocenters. The maximum absolute atomic E-state index is 11.9. The highest BCUT2D eigenvalue weighted by Gasteiger charge is 3.13. The summed E-state index contributed by atoms with van der Waals surface area (Å²) in [5, 5.41) is 8.67. The number of rotatable bonds is 2. The number of hydrogen-bond donors (Lipinski definition) is 0. The second-order valence-electron chi connectivity index (χ2n) is 6.29. The standard InChI is InChI=1S/C12H11N3O2/c1-17-10(16)11-4-7-5(11)9-6(11)8(4)12(7,9)15-13-2-3-14-15/h2-9H,1H3. The van der Waals surface area contributed by atoms with E-state index < -0.39 is 0 Å². The SMILES string of the molecule is COC(=O)C12C3C4C1C1C2C3C41n1nccn1. The van der Waals surface area contributed by atoms with Gasteiger partial charge in [-0.1, -0.05) is 0 Å². The van der Waals surface area contributed by atoms with Crippen LogP contribution in [0.1, 0.15) is 0 Å². The smallest absolute Gasteiger partial charge is 0.312 e. The molecule has 6 aliphatic rings. The first kappa shape index (κ1) is 7.84. The molecule has 0 atom stereocenters. The molecule has 0 amide bonds. The van der Waals surface area contributed by atoms with E-state index in [1.165, 1.54) is 7.11 Å². The Hall–Kier alpha value is -1.39. The van der Waals surface area contributed by atoms with Crippen molar-refractivity contribution in [3.63, 3.8) is 0 Å². The first-order valence-electron chi connectivity index (χ1n) is 6.27. The summed E-state index contributed by atoms with van der Waals surface area (Å²) in [6.07, 6.45) is 3.52. The number of ether oxygens (including phenoxy) is 1. The molecule has 0 bridgehead atoms. The third-order valence-corrected chi connectivity index (χ3v) is 6.88. The normalized spacial score (nSPS) is 65.5. The molecular weight excluding hydrogens is 218 g/mol. The summed E-state index contributed by atoms with van der Waals surface area (Å²) in [6, 6.07) is 0. The quantitative estimate of drug-likeness (QED) is 0.664. The second kappa shape index (κ2) is 1.72. The van der Waals surface area contributed by atoms with Gasteiger partial charge in [0.25, 0.3) is 0 Å². The molecule has 7 rings (SSSR count). The van der Waals surface area contributed by atoms with Gasteiger partial charge in [-0.25, -0.2) is 0 Å². The van der Waals surface area contributed by atoms with Crippen molar-refractivity contribution in [3.05, 3.63) is 12.4 Å². The lowest BCUT2D eigenvalue weighted by Gasteiger charge is -3.08. The molecule has 0 spiro atoms. The van der Waals surface area contributed by atoms with Gasteiger partial charge in [-0.05, 0) is 35.5 Å². The molecule has 1 aromatic heterocycles. The van der Waals surface area contributed by atoms with Crippen molar-refractivity contribution in [3.8, 4) is 0 Å². The fraction of sp³-hybridized carbons (Fsp3) is 0.750. The minimum absolute atomic E-state index is 0.0380. The first-order valence-corrected chi connectivity index (χ1v) is 6.27. The summed E-state index contributed by atoms with van der Waals surface area (Å²) in [6.45, 7) is 0. The number of nitrogens with zero attached hydrogens (tertiary/aromatic N) is 3. The minimum atomic E-state index is -0.0380. The van der Waals surface area contributed by atoms with Gasteiger partial charge in [0, 0.05) is 0 Å². The van der Waals surface area contributed by atoms with Crippen LogP contribution in [0.25, 0.3) is 0 Å². The summed E-state index contributed by atoms with van der Waals surface area (Å²) in [4.78, 5) is 13.9. The number of carbonyl (C=O) groups excluding carboxylic acids is 1. The summed E-state index contributed by atoms with van der Waals surface area (Å²) in [5.74, 6) is 3.88. The van der Waals surface area contributed by atoms with Crippen LogP contribution in [0.15, 0.2) is 12.4 Å². The van der Waals surface area contributed by atoms with Crippen LogP contribution in [0.3, 0.4) is 0 Å². The highest BCUT2D eigenvalue weighted by Crippen LogP contribution is 3.08. The molecule has 5 nitrogen and oxygen atoms in total. The van der Waals surface area contributed by atoms with Gasteiger partial charge >= 0.3 is 5.97 Å². The van der Waals surface area contributed by atoms with Crippen LogP contribution >= 0.6 is 0 Å². The maximum atomic E-state index is 11.9. The van der Waals surface area contributed by atoms with Gasteiger partial charge in [0.05, 0.1) is 30.5 Å². The zero-order valence-electron chi connectivity index (χ0n) is 9.28. The van der Waals surface area contributed by atoms with Crippen LogP contribution in [-0.4, -0.2) is 28.1 Å². The van der Waals surface area contributed by atoms with E-state index in [-0.39, 0.29) is 16.9 Å². The number of aromatic nitrogens is 3. The summed E-state index contributed by atoms with van der Waals surface area (Å²) < 4.78 is 5.01. The zero-order valence-corrected chi connectivity index (χ0v) is 9.28. The first-order chi connectivity index (χ1) is 8.32. The van der Waals surface area contributed by atoms with Gasteiger partial charge in [0.1, 0.15) is 0 Å². The molecule has 1 aromatic rings. The van der Waals surface area contributed by atoms with E-state index in [2.05, 4.69) is 10.2 Å². The van der Waals surface area contributed by atoms with Gasteiger partial charge in [-0.15, -0.1) is 0 Å². The average molecular weight is 229 g/mol. The van der Waals surface area contributed by atoms with Crippen LogP contribution in [0.4, 0.5) is 0 Å². The molecule has 86 valence electrons. The Kier molecular flexibility index (Phi) is 0.796. The molecule has 17 heavy (non-hydrogen) atoms. The Morgan fingerprint density at radius 2 is 1.65 bits per heavy atom. The van der Waals surface area contributed by atoms with E-state index in [0.29, 0.717) is 35.5 Å². The number of hydrogen-bond acceptors (Lipinski definition) is 4. The number of methoxy groups -OCH3 is 1. The van der Waals surface area contributed by atoms with Crippen LogP contribution < -0.4 is 0 Å².